The summed E-state index contributed by atoms with van der Waals surface area (Å²) >= 11 is 0. The SMILES string of the molecule is NCc1cc(F)c(F)c(S(=O)(=O)Nc2ccccc2)c1. The molecule has 0 amide bonds. The molecule has 0 fully saturated rings. The molecule has 3 N–H and O–H groups in total. The molecule has 106 valence electrons. The van der Waals surface area contributed by atoms with Gasteiger partial charge < -0.3 is 5.73 Å². The van der Waals surface area contributed by atoms with Gasteiger partial charge in [-0.15, -0.1) is 0 Å². The number of nitrogens with one attached hydrogen (secondary N) is 1. The van der Waals surface area contributed by atoms with Crippen LogP contribution in [0.4, 0.5) is 14.5 Å². The highest BCUT2D eigenvalue weighted by atomic mass is 32.2. The highest BCUT2D eigenvalue weighted by molar-refractivity contribution is 7.92. The van der Waals surface area contributed by atoms with E-state index in [1.54, 1.807) is 18.2 Å². The number of para-hydroxylation sites is 1. The van der Waals surface area contributed by atoms with Crippen molar-refractivity contribution in [3.05, 3.63) is 59.7 Å². The van der Waals surface area contributed by atoms with Crippen LogP contribution in [-0.2, 0) is 16.6 Å². The molecule has 2 rings (SSSR count). The maximum absolute atomic E-state index is 13.7. The topological polar surface area (TPSA) is 72.2 Å². The number of anilines is 1. The van der Waals surface area contributed by atoms with Crippen LogP contribution in [0.15, 0.2) is 47.4 Å². The summed E-state index contributed by atoms with van der Waals surface area (Å²) in [6.45, 7) is -0.0922. The standard InChI is InChI=1S/C13H12F2N2O2S/c14-11-6-9(8-16)7-12(13(11)15)20(18,19)17-10-4-2-1-3-5-10/h1-7,17H,8,16H2. The van der Waals surface area contributed by atoms with Crippen LogP contribution in [0.25, 0.3) is 0 Å². The van der Waals surface area contributed by atoms with Gasteiger partial charge in [0.15, 0.2) is 11.6 Å². The van der Waals surface area contributed by atoms with E-state index in [1.165, 1.54) is 12.1 Å². The van der Waals surface area contributed by atoms with Crippen molar-refractivity contribution in [2.24, 2.45) is 5.73 Å². The quantitative estimate of drug-likeness (QED) is 0.909. The van der Waals surface area contributed by atoms with E-state index in [1.807, 2.05) is 0 Å². The third-order valence-electron chi connectivity index (χ3n) is 2.61. The van der Waals surface area contributed by atoms with Crippen LogP contribution in [0.1, 0.15) is 5.56 Å². The van der Waals surface area contributed by atoms with E-state index >= 15 is 0 Å². The van der Waals surface area contributed by atoms with Crippen LogP contribution in [0.2, 0.25) is 0 Å². The Kier molecular flexibility index (Phi) is 4.01. The summed E-state index contributed by atoms with van der Waals surface area (Å²) in [4.78, 5) is -0.762. The lowest BCUT2D eigenvalue weighted by molar-refractivity contribution is 0.483. The van der Waals surface area contributed by atoms with Crippen molar-refractivity contribution in [1.29, 1.82) is 0 Å². The summed E-state index contributed by atoms with van der Waals surface area (Å²) in [5.41, 5.74) is 5.78. The Balaban J connectivity index is 2.47. The molecule has 7 heteroatoms. The molecule has 0 aliphatic rings. The zero-order chi connectivity index (χ0) is 14.8. The third-order valence-corrected chi connectivity index (χ3v) is 3.99. The van der Waals surface area contributed by atoms with E-state index in [4.69, 9.17) is 5.73 Å². The fraction of sp³-hybridized carbons (Fsp3) is 0.0769. The molecule has 2 aromatic carbocycles. The van der Waals surface area contributed by atoms with Gasteiger partial charge in [0, 0.05) is 12.2 Å². The van der Waals surface area contributed by atoms with E-state index in [0.29, 0.717) is 0 Å². The van der Waals surface area contributed by atoms with E-state index in [0.717, 1.165) is 12.1 Å². The normalized spacial score (nSPS) is 11.3. The first-order valence-corrected chi connectivity index (χ1v) is 7.18. The lowest BCUT2D eigenvalue weighted by atomic mass is 10.2. The van der Waals surface area contributed by atoms with Crippen LogP contribution in [-0.4, -0.2) is 8.42 Å². The highest BCUT2D eigenvalue weighted by Crippen LogP contribution is 2.22. The van der Waals surface area contributed by atoms with Crippen molar-refractivity contribution in [2.75, 3.05) is 4.72 Å². The molecule has 2 aromatic rings. The van der Waals surface area contributed by atoms with Crippen molar-refractivity contribution in [3.63, 3.8) is 0 Å². The molecule has 0 unspecified atom stereocenters. The smallest absolute Gasteiger partial charge is 0.264 e. The van der Waals surface area contributed by atoms with Gasteiger partial charge in [-0.3, -0.25) is 4.72 Å². The summed E-state index contributed by atoms with van der Waals surface area (Å²) in [5.74, 6) is -2.67. The van der Waals surface area contributed by atoms with E-state index in [-0.39, 0.29) is 17.8 Å². The second-order valence-electron chi connectivity index (χ2n) is 4.07. The second-order valence-corrected chi connectivity index (χ2v) is 5.72. The van der Waals surface area contributed by atoms with Gasteiger partial charge in [-0.05, 0) is 29.8 Å². The second kappa shape index (κ2) is 5.56. The predicted octanol–water partition coefficient (Wildman–Crippen LogP) is 2.22. The average molecular weight is 298 g/mol. The zero-order valence-corrected chi connectivity index (χ0v) is 11.1. The van der Waals surface area contributed by atoms with Gasteiger partial charge in [0.1, 0.15) is 4.90 Å². The Labute approximate surface area is 115 Å². The van der Waals surface area contributed by atoms with Gasteiger partial charge in [-0.1, -0.05) is 18.2 Å². The van der Waals surface area contributed by atoms with Crippen LogP contribution in [0.3, 0.4) is 0 Å². The first-order chi connectivity index (χ1) is 9.44. The zero-order valence-electron chi connectivity index (χ0n) is 10.3. The molecule has 0 saturated carbocycles. The minimum absolute atomic E-state index is 0.0922. The van der Waals surface area contributed by atoms with Gasteiger partial charge >= 0.3 is 0 Å². The monoisotopic (exact) mass is 298 g/mol. The van der Waals surface area contributed by atoms with Gasteiger partial charge in [0.2, 0.25) is 0 Å². The van der Waals surface area contributed by atoms with Crippen molar-refractivity contribution in [1.82, 2.24) is 0 Å². The molecule has 0 radical (unpaired) electrons. The van der Waals surface area contributed by atoms with Crippen molar-refractivity contribution < 1.29 is 17.2 Å². The molecule has 0 atom stereocenters. The molecular formula is C13H12F2N2O2S. The number of halogens is 2. The molecule has 0 saturated heterocycles. The molecule has 4 nitrogen and oxygen atoms in total. The van der Waals surface area contributed by atoms with Gasteiger partial charge in [0.25, 0.3) is 10.0 Å². The van der Waals surface area contributed by atoms with E-state index < -0.39 is 26.6 Å². The summed E-state index contributed by atoms with van der Waals surface area (Å²) in [7, 11) is -4.22. The maximum atomic E-state index is 13.7. The molecule has 0 heterocycles. The fourth-order valence-electron chi connectivity index (χ4n) is 1.65. The summed E-state index contributed by atoms with van der Waals surface area (Å²) in [5, 5.41) is 0. The minimum atomic E-state index is -4.22. The molecule has 0 aromatic heterocycles. The first kappa shape index (κ1) is 14.4. The Bertz CT molecular complexity index is 719. The molecule has 20 heavy (non-hydrogen) atoms. The molecule has 0 aliphatic heterocycles. The number of hydrogen-bond acceptors (Lipinski definition) is 3. The minimum Gasteiger partial charge on any atom is -0.326 e. The maximum Gasteiger partial charge on any atom is 0.264 e. The molecular weight excluding hydrogens is 286 g/mol. The lowest BCUT2D eigenvalue weighted by Crippen LogP contribution is -2.16. The Morgan fingerprint density at radius 3 is 2.35 bits per heavy atom. The van der Waals surface area contributed by atoms with Crippen molar-refractivity contribution in [3.8, 4) is 0 Å². The number of nitrogens with two attached hydrogens (primary N) is 1. The Morgan fingerprint density at radius 1 is 1.10 bits per heavy atom. The van der Waals surface area contributed by atoms with E-state index in [2.05, 4.69) is 4.72 Å². The fourth-order valence-corrected chi connectivity index (χ4v) is 2.84. The summed E-state index contributed by atoms with van der Waals surface area (Å²) < 4.78 is 53.4. The van der Waals surface area contributed by atoms with Crippen molar-refractivity contribution in [2.45, 2.75) is 11.4 Å². The Morgan fingerprint density at radius 2 is 1.75 bits per heavy atom. The molecule has 0 bridgehead atoms. The van der Waals surface area contributed by atoms with Crippen LogP contribution < -0.4 is 10.5 Å². The number of rotatable bonds is 4. The van der Waals surface area contributed by atoms with Gasteiger partial charge in [0.05, 0.1) is 0 Å². The molecule has 0 aliphatic carbocycles. The number of benzene rings is 2. The Hall–Kier alpha value is -1.99. The average Bonchev–Trinajstić information content (AvgIpc) is 2.42. The number of sulfonamides is 1. The van der Waals surface area contributed by atoms with Gasteiger partial charge in [-0.25, -0.2) is 17.2 Å². The largest absolute Gasteiger partial charge is 0.326 e. The molecule has 0 spiro atoms. The predicted molar refractivity (Wildman–Crippen MR) is 71.5 cm³/mol. The van der Waals surface area contributed by atoms with Gasteiger partial charge in [-0.2, -0.15) is 0 Å². The highest BCUT2D eigenvalue weighted by Gasteiger charge is 2.23. The van der Waals surface area contributed by atoms with Crippen LogP contribution in [0.5, 0.6) is 0 Å². The van der Waals surface area contributed by atoms with E-state index in [9.17, 15) is 17.2 Å². The summed E-state index contributed by atoms with van der Waals surface area (Å²) in [6.07, 6.45) is 0. The lowest BCUT2D eigenvalue weighted by Gasteiger charge is -2.10. The number of hydrogen-bond donors (Lipinski definition) is 2. The van der Waals surface area contributed by atoms with Crippen LogP contribution in [0, 0.1) is 11.6 Å². The van der Waals surface area contributed by atoms with Crippen LogP contribution >= 0.6 is 0 Å². The summed E-state index contributed by atoms with van der Waals surface area (Å²) in [6, 6.07) is 9.82. The first-order valence-electron chi connectivity index (χ1n) is 5.70. The van der Waals surface area contributed by atoms with Crippen molar-refractivity contribution >= 4 is 15.7 Å². The third kappa shape index (κ3) is 2.94.